The number of rotatable bonds is 6. The number of sulfonamides is 1. The Labute approximate surface area is 113 Å². The number of nitrogens with one attached hydrogen (secondary N) is 3. The highest BCUT2D eigenvalue weighted by atomic mass is 32.2. The molecule has 0 amide bonds. The van der Waals surface area contributed by atoms with Crippen LogP contribution >= 0.6 is 0 Å². The molecule has 5 N–H and O–H groups in total. The number of nitrogens with zero attached hydrogens (tertiary/aromatic N) is 2. The van der Waals surface area contributed by atoms with Crippen molar-refractivity contribution in [1.29, 1.82) is 0 Å². The maximum atomic E-state index is 11.2. The summed E-state index contributed by atoms with van der Waals surface area (Å²) in [6.07, 6.45) is 1.12. The zero-order valence-corrected chi connectivity index (χ0v) is 12.3. The van der Waals surface area contributed by atoms with Gasteiger partial charge in [-0.15, -0.1) is 0 Å². The van der Waals surface area contributed by atoms with Gasteiger partial charge in [0.15, 0.2) is 0 Å². The zero-order chi connectivity index (χ0) is 14.7. The average Bonchev–Trinajstić information content (AvgIpc) is 2.22. The number of nitrogen functional groups attached to an aromatic ring is 1. The first kappa shape index (κ1) is 15.4. The Bertz CT molecular complexity index is 543. The van der Waals surface area contributed by atoms with Crippen LogP contribution in [-0.4, -0.2) is 43.8 Å². The number of nitrogens with two attached hydrogens (primary N) is 1. The summed E-state index contributed by atoms with van der Waals surface area (Å²) in [7, 11) is -1.54. The first-order valence-corrected chi connectivity index (χ1v) is 7.55. The molecule has 108 valence electrons. The van der Waals surface area contributed by atoms with E-state index in [0.717, 1.165) is 6.26 Å². The van der Waals surface area contributed by atoms with Gasteiger partial charge in [0.2, 0.25) is 16.0 Å². The molecule has 1 aromatic heterocycles. The fourth-order valence-electron chi connectivity index (χ4n) is 1.53. The summed E-state index contributed by atoms with van der Waals surface area (Å²) < 4.78 is 25.0. The van der Waals surface area contributed by atoms with E-state index in [1.54, 1.807) is 27.0 Å². The van der Waals surface area contributed by atoms with Crippen LogP contribution in [0, 0.1) is 0 Å². The zero-order valence-electron chi connectivity index (χ0n) is 11.5. The van der Waals surface area contributed by atoms with Gasteiger partial charge in [-0.2, -0.15) is 9.97 Å². The van der Waals surface area contributed by atoms with Gasteiger partial charge in [-0.3, -0.25) is 0 Å². The summed E-state index contributed by atoms with van der Waals surface area (Å²) in [6.45, 7) is 3.90. The van der Waals surface area contributed by atoms with Crippen LogP contribution in [0.3, 0.4) is 0 Å². The highest BCUT2D eigenvalue weighted by Crippen LogP contribution is 2.13. The van der Waals surface area contributed by atoms with Gasteiger partial charge < -0.3 is 16.4 Å². The highest BCUT2D eigenvalue weighted by molar-refractivity contribution is 7.88. The third-order valence-electron chi connectivity index (χ3n) is 2.17. The molecule has 19 heavy (non-hydrogen) atoms. The van der Waals surface area contributed by atoms with Gasteiger partial charge in [-0.05, 0) is 13.8 Å². The second kappa shape index (κ2) is 5.57. The molecule has 0 atom stereocenters. The van der Waals surface area contributed by atoms with Crippen LogP contribution in [0.2, 0.25) is 0 Å². The van der Waals surface area contributed by atoms with Gasteiger partial charge in [0.25, 0.3) is 0 Å². The molecule has 8 nitrogen and oxygen atoms in total. The molecule has 0 fully saturated rings. The van der Waals surface area contributed by atoms with Crippen molar-refractivity contribution >= 4 is 27.6 Å². The maximum absolute atomic E-state index is 11.2. The number of aromatic nitrogens is 2. The lowest BCUT2D eigenvalue weighted by atomic mass is 10.1. The van der Waals surface area contributed by atoms with E-state index in [1.165, 1.54) is 0 Å². The van der Waals surface area contributed by atoms with E-state index < -0.39 is 15.6 Å². The Hall–Kier alpha value is -1.61. The van der Waals surface area contributed by atoms with Crippen molar-refractivity contribution in [2.24, 2.45) is 0 Å². The molecule has 0 bridgehead atoms. The highest BCUT2D eigenvalue weighted by Gasteiger charge is 2.22. The van der Waals surface area contributed by atoms with Gasteiger partial charge in [0, 0.05) is 25.2 Å². The first-order valence-electron chi connectivity index (χ1n) is 5.66. The summed E-state index contributed by atoms with van der Waals surface area (Å²) in [4.78, 5) is 7.98. The Morgan fingerprint density at radius 3 is 2.42 bits per heavy atom. The van der Waals surface area contributed by atoms with E-state index in [0.29, 0.717) is 18.2 Å². The predicted molar refractivity (Wildman–Crippen MR) is 76.5 cm³/mol. The lowest BCUT2D eigenvalue weighted by Crippen LogP contribution is -2.47. The number of hydrogen-bond acceptors (Lipinski definition) is 7. The summed E-state index contributed by atoms with van der Waals surface area (Å²) >= 11 is 0. The van der Waals surface area contributed by atoms with Crippen LogP contribution in [0.1, 0.15) is 13.8 Å². The summed E-state index contributed by atoms with van der Waals surface area (Å²) in [6, 6.07) is 1.69. The minimum absolute atomic E-state index is 0.142. The minimum Gasteiger partial charge on any atom is -0.373 e. The van der Waals surface area contributed by atoms with Crippen LogP contribution in [0.15, 0.2) is 6.07 Å². The Kier molecular flexibility index (Phi) is 4.53. The summed E-state index contributed by atoms with van der Waals surface area (Å²) in [5.41, 5.74) is 4.92. The molecule has 0 unspecified atom stereocenters. The molecule has 0 aliphatic rings. The smallest absolute Gasteiger partial charge is 0.223 e. The Morgan fingerprint density at radius 2 is 1.89 bits per heavy atom. The first-order chi connectivity index (χ1) is 8.61. The molecule has 9 heteroatoms. The monoisotopic (exact) mass is 288 g/mol. The molecule has 0 aromatic carbocycles. The molecule has 0 radical (unpaired) electrons. The molecular weight excluding hydrogens is 268 g/mol. The van der Waals surface area contributed by atoms with Crippen molar-refractivity contribution < 1.29 is 8.42 Å². The lowest BCUT2D eigenvalue weighted by Gasteiger charge is -2.25. The van der Waals surface area contributed by atoms with E-state index in [4.69, 9.17) is 5.73 Å². The summed E-state index contributed by atoms with van der Waals surface area (Å²) in [5.74, 6) is 1.26. The van der Waals surface area contributed by atoms with Gasteiger partial charge in [-0.1, -0.05) is 0 Å². The minimum atomic E-state index is -3.27. The van der Waals surface area contributed by atoms with E-state index in [2.05, 4.69) is 25.3 Å². The molecule has 0 aliphatic heterocycles. The van der Waals surface area contributed by atoms with Crippen molar-refractivity contribution in [2.75, 3.05) is 36.2 Å². The third-order valence-corrected chi connectivity index (χ3v) is 3.10. The molecule has 0 saturated carbocycles. The van der Waals surface area contributed by atoms with Crippen molar-refractivity contribution in [3.8, 4) is 0 Å². The van der Waals surface area contributed by atoms with Gasteiger partial charge in [0.05, 0.1) is 6.26 Å². The van der Waals surface area contributed by atoms with E-state index in [9.17, 15) is 8.42 Å². The maximum Gasteiger partial charge on any atom is 0.223 e. The van der Waals surface area contributed by atoms with Gasteiger partial charge in [-0.25, -0.2) is 13.1 Å². The largest absolute Gasteiger partial charge is 0.373 e. The quantitative estimate of drug-likeness (QED) is 0.573. The molecule has 1 heterocycles. The predicted octanol–water partition coefficient (Wildman–Crippen LogP) is -0.160. The molecule has 1 aromatic rings. The van der Waals surface area contributed by atoms with E-state index in [1.807, 2.05) is 0 Å². The SMILES string of the molecule is CNc1cc(NCC(C)(C)NS(C)(=O)=O)nc(N)n1. The van der Waals surface area contributed by atoms with Crippen LogP contribution in [0.25, 0.3) is 0 Å². The van der Waals surface area contributed by atoms with E-state index >= 15 is 0 Å². The summed E-state index contributed by atoms with van der Waals surface area (Å²) in [5, 5.41) is 5.89. The molecular formula is C10H20N6O2S. The second-order valence-corrected chi connectivity index (χ2v) is 6.61. The van der Waals surface area contributed by atoms with Crippen molar-refractivity contribution in [2.45, 2.75) is 19.4 Å². The van der Waals surface area contributed by atoms with Crippen molar-refractivity contribution in [1.82, 2.24) is 14.7 Å². The van der Waals surface area contributed by atoms with Gasteiger partial charge in [0.1, 0.15) is 11.6 Å². The normalized spacial score (nSPS) is 12.2. The molecule has 0 spiro atoms. The number of hydrogen-bond donors (Lipinski definition) is 4. The fraction of sp³-hybridized carbons (Fsp3) is 0.600. The standard InChI is InChI=1S/C10H20N6O2S/c1-10(2,16-19(4,17)18)6-13-8-5-7(12-3)14-9(11)15-8/h5,16H,6H2,1-4H3,(H4,11,12,13,14,15). The number of anilines is 3. The third kappa shape index (κ3) is 5.71. The molecule has 1 rings (SSSR count). The van der Waals surface area contributed by atoms with Crippen molar-refractivity contribution in [3.63, 3.8) is 0 Å². The van der Waals surface area contributed by atoms with Gasteiger partial charge >= 0.3 is 0 Å². The lowest BCUT2D eigenvalue weighted by molar-refractivity contribution is 0.476. The van der Waals surface area contributed by atoms with Crippen LogP contribution in [0.4, 0.5) is 17.6 Å². The van der Waals surface area contributed by atoms with Crippen molar-refractivity contribution in [3.05, 3.63) is 6.07 Å². The molecule has 0 saturated heterocycles. The Morgan fingerprint density at radius 1 is 1.32 bits per heavy atom. The topological polar surface area (TPSA) is 122 Å². The second-order valence-electron chi connectivity index (χ2n) is 4.86. The molecule has 0 aliphatic carbocycles. The van der Waals surface area contributed by atoms with E-state index in [-0.39, 0.29) is 5.95 Å². The van der Waals surface area contributed by atoms with Crippen LogP contribution in [-0.2, 0) is 10.0 Å². The Balaban J connectivity index is 2.73. The van der Waals surface area contributed by atoms with Crippen LogP contribution in [0.5, 0.6) is 0 Å². The average molecular weight is 288 g/mol. The fourth-order valence-corrected chi connectivity index (χ4v) is 2.61. The van der Waals surface area contributed by atoms with Crippen LogP contribution < -0.4 is 21.1 Å².